The van der Waals surface area contributed by atoms with Gasteiger partial charge >= 0.3 is 5.97 Å². The number of benzene rings is 2. The smallest absolute Gasteiger partial charge is 0.321 e. The highest BCUT2D eigenvalue weighted by atomic mass is 32.2. The maximum absolute atomic E-state index is 11.9. The fourth-order valence-electron chi connectivity index (χ4n) is 4.22. The van der Waals surface area contributed by atoms with Crippen LogP contribution in [-0.2, 0) is 17.0 Å². The van der Waals surface area contributed by atoms with Gasteiger partial charge in [-0.3, -0.25) is 10.1 Å². The van der Waals surface area contributed by atoms with E-state index >= 15 is 0 Å². The molecular weight excluding hydrogens is 444 g/mol. The van der Waals surface area contributed by atoms with E-state index in [1.165, 1.54) is 0 Å². The molecule has 1 aliphatic rings. The number of para-hydroxylation sites is 1. The summed E-state index contributed by atoms with van der Waals surface area (Å²) >= 11 is 3.18. The fraction of sp³-hybridized carbons (Fsp3) is 0.261. The first-order valence-corrected chi connectivity index (χ1v) is 12.0. The van der Waals surface area contributed by atoms with Crippen LogP contribution in [-0.4, -0.2) is 39.4 Å². The Balaban J connectivity index is 1.54. The summed E-state index contributed by atoms with van der Waals surface area (Å²) in [4.78, 5) is 15.4. The molecule has 0 saturated carbocycles. The van der Waals surface area contributed by atoms with Crippen molar-refractivity contribution in [3.05, 3.63) is 69.9 Å². The molecule has 0 amide bonds. The lowest BCUT2D eigenvalue weighted by atomic mass is 9.90. The zero-order valence-corrected chi connectivity index (χ0v) is 19.2. The van der Waals surface area contributed by atoms with Crippen LogP contribution in [0.2, 0.25) is 0 Å². The van der Waals surface area contributed by atoms with E-state index in [1.807, 2.05) is 43.3 Å². The molecule has 164 valence electrons. The largest absolute Gasteiger partial charge is 0.496 e. The first kappa shape index (κ1) is 21.0. The molecule has 7 nitrogen and oxygen atoms in total. The summed E-state index contributed by atoms with van der Waals surface area (Å²) in [6, 6.07) is 13.2. The van der Waals surface area contributed by atoms with Gasteiger partial charge in [-0.2, -0.15) is 0 Å². The molecule has 2 aromatic carbocycles. The number of aliphatic carboxylic acids is 1. The standard InChI is InChI=1S/C23H22N4O3S2/c1-12-26-27-23(32-12)31-11-14-9-13(7-8-19(14)30-2)20-21-16(10-18(25-20)22(28)29)15-5-3-4-6-17(15)24-21/h3-9,18,20,24-25H,10-11H2,1-2H3,(H,28,29)/t18-,20+/m0/s1. The molecule has 9 heteroatoms. The highest BCUT2D eigenvalue weighted by Crippen LogP contribution is 2.37. The number of aryl methyl sites for hydroxylation is 1. The first-order chi connectivity index (χ1) is 15.5. The van der Waals surface area contributed by atoms with Crippen molar-refractivity contribution >= 4 is 40.0 Å². The fourth-order valence-corrected chi connectivity index (χ4v) is 6.02. The van der Waals surface area contributed by atoms with E-state index in [9.17, 15) is 9.90 Å². The van der Waals surface area contributed by atoms with Crippen molar-refractivity contribution in [1.29, 1.82) is 0 Å². The lowest BCUT2D eigenvalue weighted by molar-refractivity contribution is -0.139. The van der Waals surface area contributed by atoms with Crippen LogP contribution in [0.4, 0.5) is 0 Å². The summed E-state index contributed by atoms with van der Waals surface area (Å²) < 4.78 is 6.50. The average molecular weight is 467 g/mol. The number of carboxylic acid groups (broad SMARTS) is 1. The number of rotatable bonds is 6. The quantitative estimate of drug-likeness (QED) is 0.364. The lowest BCUT2D eigenvalue weighted by Gasteiger charge is -2.30. The van der Waals surface area contributed by atoms with Crippen LogP contribution in [0.25, 0.3) is 10.9 Å². The molecular formula is C23H22N4O3S2. The van der Waals surface area contributed by atoms with Gasteiger partial charge in [0.1, 0.15) is 16.8 Å². The molecule has 3 N–H and O–H groups in total. The number of carboxylic acids is 1. The number of carbonyl (C=O) groups is 1. The van der Waals surface area contributed by atoms with Crippen LogP contribution in [0.5, 0.6) is 5.75 Å². The molecule has 2 atom stereocenters. The number of nitrogens with one attached hydrogen (secondary N) is 2. The minimum absolute atomic E-state index is 0.259. The third-order valence-corrected chi connectivity index (χ3v) is 7.73. The van der Waals surface area contributed by atoms with Gasteiger partial charge in [-0.1, -0.05) is 47.4 Å². The Morgan fingerprint density at radius 3 is 2.88 bits per heavy atom. The van der Waals surface area contributed by atoms with Crippen molar-refractivity contribution in [2.24, 2.45) is 0 Å². The van der Waals surface area contributed by atoms with Gasteiger partial charge in [0.2, 0.25) is 0 Å². The minimum Gasteiger partial charge on any atom is -0.496 e. The second-order valence-corrected chi connectivity index (χ2v) is 10.1. The second kappa shape index (κ2) is 8.57. The van der Waals surface area contributed by atoms with Crippen molar-refractivity contribution < 1.29 is 14.6 Å². The van der Waals surface area contributed by atoms with Gasteiger partial charge < -0.3 is 14.8 Å². The number of thioether (sulfide) groups is 1. The predicted molar refractivity (Wildman–Crippen MR) is 126 cm³/mol. The number of aromatic nitrogens is 3. The van der Waals surface area contributed by atoms with Crippen molar-refractivity contribution in [2.75, 3.05) is 7.11 Å². The van der Waals surface area contributed by atoms with Gasteiger partial charge in [0, 0.05) is 34.3 Å². The summed E-state index contributed by atoms with van der Waals surface area (Å²) in [6.07, 6.45) is 0.445. The van der Waals surface area contributed by atoms with E-state index in [1.54, 1.807) is 30.2 Å². The molecule has 5 rings (SSSR count). The molecule has 0 spiro atoms. The normalized spacial score (nSPS) is 17.9. The Hall–Kier alpha value is -2.88. The van der Waals surface area contributed by atoms with E-state index in [4.69, 9.17) is 4.74 Å². The number of hydrogen-bond donors (Lipinski definition) is 3. The number of aromatic amines is 1. The first-order valence-electron chi connectivity index (χ1n) is 10.2. The maximum atomic E-state index is 11.9. The second-order valence-electron chi connectivity index (χ2n) is 7.70. The van der Waals surface area contributed by atoms with E-state index < -0.39 is 12.0 Å². The molecule has 1 aliphatic heterocycles. The maximum Gasteiger partial charge on any atom is 0.321 e. The van der Waals surface area contributed by atoms with Crippen LogP contribution < -0.4 is 10.1 Å². The average Bonchev–Trinajstić information content (AvgIpc) is 3.39. The number of methoxy groups -OCH3 is 1. The van der Waals surface area contributed by atoms with Gasteiger partial charge in [-0.25, -0.2) is 0 Å². The Bertz CT molecular complexity index is 1300. The lowest BCUT2D eigenvalue weighted by Crippen LogP contribution is -2.45. The molecule has 0 fully saturated rings. The van der Waals surface area contributed by atoms with Gasteiger partial charge in [-0.15, -0.1) is 10.2 Å². The molecule has 2 aromatic heterocycles. The monoisotopic (exact) mass is 466 g/mol. The highest BCUT2D eigenvalue weighted by Gasteiger charge is 2.34. The number of hydrogen-bond acceptors (Lipinski definition) is 7. The number of nitrogens with zero attached hydrogens (tertiary/aromatic N) is 2. The van der Waals surface area contributed by atoms with Crippen molar-refractivity contribution in [3.63, 3.8) is 0 Å². The Kier molecular flexibility index (Phi) is 5.62. The minimum atomic E-state index is -0.845. The Morgan fingerprint density at radius 1 is 1.28 bits per heavy atom. The molecule has 0 saturated heterocycles. The SMILES string of the molecule is COc1ccc([C@H]2N[C@H](C(=O)O)Cc3c2[nH]c2ccccc32)cc1CSc1nnc(C)s1. The zero-order chi connectivity index (χ0) is 22.2. The molecule has 4 aromatic rings. The number of ether oxygens (including phenoxy) is 1. The summed E-state index contributed by atoms with van der Waals surface area (Å²) in [5, 5.41) is 23.4. The van der Waals surface area contributed by atoms with E-state index in [0.717, 1.165) is 48.4 Å². The van der Waals surface area contributed by atoms with Crippen molar-refractivity contribution in [1.82, 2.24) is 20.5 Å². The summed E-state index contributed by atoms with van der Waals surface area (Å²) in [5.41, 5.74) is 5.12. The van der Waals surface area contributed by atoms with Crippen LogP contribution in [0, 0.1) is 6.92 Å². The third kappa shape index (κ3) is 3.87. The van der Waals surface area contributed by atoms with E-state index in [2.05, 4.69) is 26.6 Å². The highest BCUT2D eigenvalue weighted by molar-refractivity contribution is 8.00. The van der Waals surface area contributed by atoms with Gasteiger partial charge in [0.15, 0.2) is 4.34 Å². The van der Waals surface area contributed by atoms with Gasteiger partial charge in [0.25, 0.3) is 0 Å². The topological polar surface area (TPSA) is 100 Å². The summed E-state index contributed by atoms with van der Waals surface area (Å²) in [5.74, 6) is 0.632. The zero-order valence-electron chi connectivity index (χ0n) is 17.6. The van der Waals surface area contributed by atoms with Gasteiger partial charge in [-0.05, 0) is 36.2 Å². The van der Waals surface area contributed by atoms with Crippen LogP contribution in [0.1, 0.15) is 33.4 Å². The molecule has 3 heterocycles. The van der Waals surface area contributed by atoms with Crippen molar-refractivity contribution in [3.8, 4) is 5.75 Å². The summed E-state index contributed by atoms with van der Waals surface area (Å²) in [6.45, 7) is 1.94. The van der Waals surface area contributed by atoms with Crippen LogP contribution in [0.15, 0.2) is 46.8 Å². The molecule has 0 bridgehead atoms. The molecule has 32 heavy (non-hydrogen) atoms. The summed E-state index contributed by atoms with van der Waals surface area (Å²) in [7, 11) is 1.66. The molecule has 0 radical (unpaired) electrons. The van der Waals surface area contributed by atoms with E-state index in [-0.39, 0.29) is 6.04 Å². The Morgan fingerprint density at radius 2 is 2.12 bits per heavy atom. The van der Waals surface area contributed by atoms with Crippen LogP contribution in [0.3, 0.4) is 0 Å². The Labute approximate surface area is 193 Å². The number of fused-ring (bicyclic) bond motifs is 3. The third-order valence-electron chi connectivity index (χ3n) is 5.71. The molecule has 0 aliphatic carbocycles. The van der Waals surface area contributed by atoms with Crippen LogP contribution >= 0.6 is 23.1 Å². The number of H-pyrrole nitrogens is 1. The molecule has 0 unspecified atom stereocenters. The van der Waals surface area contributed by atoms with Crippen molar-refractivity contribution in [2.45, 2.75) is 35.5 Å². The predicted octanol–water partition coefficient (Wildman–Crippen LogP) is 4.32. The van der Waals surface area contributed by atoms with Gasteiger partial charge in [0.05, 0.1) is 13.2 Å². The van der Waals surface area contributed by atoms with E-state index in [0.29, 0.717) is 12.2 Å².